The monoisotopic (exact) mass is 157 g/mol. The normalized spacial score (nSPS) is 21.8. The Bertz CT molecular complexity index is 128. The number of nitrogens with two attached hydrogens (primary N) is 1. The van der Waals surface area contributed by atoms with Crippen molar-refractivity contribution in [3.05, 3.63) is 0 Å². The van der Waals surface area contributed by atoms with E-state index in [1.54, 1.807) is 0 Å². The molecule has 0 amide bonds. The molecule has 1 aliphatic carbocycles. The molecular weight excluding hydrogens is 138 g/mol. The minimum Gasteiger partial charge on any atom is -0.388 e. The van der Waals surface area contributed by atoms with Gasteiger partial charge in [-0.15, -0.1) is 0 Å². The summed E-state index contributed by atoms with van der Waals surface area (Å²) in [6.07, 6.45) is 3.98. The van der Waals surface area contributed by atoms with Crippen LogP contribution in [0.3, 0.4) is 0 Å². The van der Waals surface area contributed by atoms with Gasteiger partial charge >= 0.3 is 0 Å². The lowest BCUT2D eigenvalue weighted by molar-refractivity contribution is -0.000145. The molecule has 0 radical (unpaired) electrons. The standard InChI is InChI=1S/C9H19NO/c1-3-9(11,4-2)8(10)7-5-6-7/h7-8,11H,3-6,10H2,1-2H3. The highest BCUT2D eigenvalue weighted by molar-refractivity contribution is 4.96. The summed E-state index contributed by atoms with van der Waals surface area (Å²) in [6, 6.07) is 0.0116. The van der Waals surface area contributed by atoms with Crippen molar-refractivity contribution < 1.29 is 5.11 Å². The zero-order valence-electron chi connectivity index (χ0n) is 7.51. The van der Waals surface area contributed by atoms with Gasteiger partial charge in [0.15, 0.2) is 0 Å². The summed E-state index contributed by atoms with van der Waals surface area (Å²) in [4.78, 5) is 0. The lowest BCUT2D eigenvalue weighted by Gasteiger charge is -2.32. The van der Waals surface area contributed by atoms with Crippen molar-refractivity contribution in [3.63, 3.8) is 0 Å². The fraction of sp³-hybridized carbons (Fsp3) is 1.00. The fourth-order valence-electron chi connectivity index (χ4n) is 1.62. The van der Waals surface area contributed by atoms with E-state index < -0.39 is 5.60 Å². The van der Waals surface area contributed by atoms with Crippen LogP contribution in [0.1, 0.15) is 39.5 Å². The Balaban J connectivity index is 2.51. The molecule has 1 unspecified atom stereocenters. The second-order valence-electron chi connectivity index (χ2n) is 3.67. The highest BCUT2D eigenvalue weighted by atomic mass is 16.3. The Hall–Kier alpha value is -0.0800. The SMILES string of the molecule is CCC(O)(CC)C(N)C1CC1. The Labute approximate surface area is 68.8 Å². The summed E-state index contributed by atoms with van der Waals surface area (Å²) in [7, 11) is 0. The molecule has 0 spiro atoms. The van der Waals surface area contributed by atoms with E-state index in [1.165, 1.54) is 12.8 Å². The highest BCUT2D eigenvalue weighted by Gasteiger charge is 2.40. The lowest BCUT2D eigenvalue weighted by atomic mass is 9.86. The molecule has 0 aromatic heterocycles. The van der Waals surface area contributed by atoms with Crippen LogP contribution in [-0.2, 0) is 0 Å². The van der Waals surface area contributed by atoms with Gasteiger partial charge < -0.3 is 10.8 Å². The van der Waals surface area contributed by atoms with Crippen LogP contribution in [0.15, 0.2) is 0 Å². The Morgan fingerprint density at radius 3 is 2.18 bits per heavy atom. The van der Waals surface area contributed by atoms with Crippen molar-refractivity contribution in [3.8, 4) is 0 Å². The molecule has 1 saturated carbocycles. The van der Waals surface area contributed by atoms with Gasteiger partial charge in [-0.25, -0.2) is 0 Å². The second kappa shape index (κ2) is 3.11. The van der Waals surface area contributed by atoms with E-state index in [1.807, 2.05) is 13.8 Å². The average Bonchev–Trinajstić information content (AvgIpc) is 2.84. The Morgan fingerprint density at radius 1 is 1.45 bits per heavy atom. The van der Waals surface area contributed by atoms with Crippen LogP contribution in [0.2, 0.25) is 0 Å². The number of hydrogen-bond donors (Lipinski definition) is 2. The van der Waals surface area contributed by atoms with Crippen LogP contribution in [0.5, 0.6) is 0 Å². The van der Waals surface area contributed by atoms with Gasteiger partial charge in [-0.05, 0) is 31.6 Å². The molecule has 1 atom stereocenters. The Morgan fingerprint density at radius 2 is 1.91 bits per heavy atom. The van der Waals surface area contributed by atoms with Gasteiger partial charge in [-0.2, -0.15) is 0 Å². The topological polar surface area (TPSA) is 46.2 Å². The van der Waals surface area contributed by atoms with E-state index in [2.05, 4.69) is 0 Å². The van der Waals surface area contributed by atoms with Gasteiger partial charge in [0.05, 0.1) is 5.60 Å². The summed E-state index contributed by atoms with van der Waals surface area (Å²) in [6.45, 7) is 4.01. The lowest BCUT2D eigenvalue weighted by Crippen LogP contribution is -2.48. The molecule has 66 valence electrons. The van der Waals surface area contributed by atoms with Gasteiger partial charge in [-0.3, -0.25) is 0 Å². The molecule has 1 aliphatic rings. The highest BCUT2D eigenvalue weighted by Crippen LogP contribution is 2.38. The third-order valence-corrected chi connectivity index (χ3v) is 2.97. The first-order valence-corrected chi connectivity index (χ1v) is 4.62. The second-order valence-corrected chi connectivity index (χ2v) is 3.67. The molecule has 0 saturated heterocycles. The summed E-state index contributed by atoms with van der Waals surface area (Å²) >= 11 is 0. The third-order valence-electron chi connectivity index (χ3n) is 2.97. The minimum absolute atomic E-state index is 0.0116. The summed E-state index contributed by atoms with van der Waals surface area (Å²) in [5.41, 5.74) is 5.33. The van der Waals surface area contributed by atoms with Gasteiger partial charge in [-0.1, -0.05) is 13.8 Å². The van der Waals surface area contributed by atoms with Crippen LogP contribution >= 0.6 is 0 Å². The quantitative estimate of drug-likeness (QED) is 0.645. The van der Waals surface area contributed by atoms with Crippen molar-refractivity contribution in [2.24, 2.45) is 11.7 Å². The largest absolute Gasteiger partial charge is 0.388 e. The molecule has 3 N–H and O–H groups in total. The average molecular weight is 157 g/mol. The maximum Gasteiger partial charge on any atom is 0.0795 e. The van der Waals surface area contributed by atoms with Crippen LogP contribution in [0, 0.1) is 5.92 Å². The van der Waals surface area contributed by atoms with E-state index in [9.17, 15) is 5.11 Å². The van der Waals surface area contributed by atoms with E-state index >= 15 is 0 Å². The molecular formula is C9H19NO. The van der Waals surface area contributed by atoms with Crippen molar-refractivity contribution in [1.29, 1.82) is 0 Å². The Kier molecular flexibility index (Phi) is 2.55. The van der Waals surface area contributed by atoms with E-state index in [-0.39, 0.29) is 6.04 Å². The van der Waals surface area contributed by atoms with E-state index in [4.69, 9.17) is 5.73 Å². The summed E-state index contributed by atoms with van der Waals surface area (Å²) < 4.78 is 0. The fourth-order valence-corrected chi connectivity index (χ4v) is 1.62. The molecule has 0 aromatic carbocycles. The maximum absolute atomic E-state index is 9.98. The molecule has 0 aromatic rings. The zero-order valence-corrected chi connectivity index (χ0v) is 7.51. The summed E-state index contributed by atoms with van der Waals surface area (Å²) in [5.74, 6) is 0.597. The predicted molar refractivity (Wildman–Crippen MR) is 46.2 cm³/mol. The van der Waals surface area contributed by atoms with Gasteiger partial charge in [0, 0.05) is 6.04 Å². The molecule has 11 heavy (non-hydrogen) atoms. The van der Waals surface area contributed by atoms with Crippen molar-refractivity contribution in [1.82, 2.24) is 0 Å². The smallest absolute Gasteiger partial charge is 0.0795 e. The zero-order chi connectivity index (χ0) is 8.48. The van der Waals surface area contributed by atoms with Crippen molar-refractivity contribution >= 4 is 0 Å². The minimum atomic E-state index is -0.596. The molecule has 1 rings (SSSR count). The number of aliphatic hydroxyl groups is 1. The van der Waals surface area contributed by atoms with E-state index in [0.29, 0.717) is 5.92 Å². The van der Waals surface area contributed by atoms with Crippen LogP contribution in [0.4, 0.5) is 0 Å². The predicted octanol–water partition coefficient (Wildman–Crippen LogP) is 1.27. The molecule has 1 fully saturated rings. The molecule has 0 aliphatic heterocycles. The van der Waals surface area contributed by atoms with Crippen molar-refractivity contribution in [2.75, 3.05) is 0 Å². The third kappa shape index (κ3) is 1.74. The van der Waals surface area contributed by atoms with Gasteiger partial charge in [0.2, 0.25) is 0 Å². The summed E-state index contributed by atoms with van der Waals surface area (Å²) in [5, 5.41) is 9.98. The first-order chi connectivity index (χ1) is 5.14. The molecule has 0 bridgehead atoms. The van der Waals surface area contributed by atoms with Gasteiger partial charge in [0.25, 0.3) is 0 Å². The maximum atomic E-state index is 9.98. The first-order valence-electron chi connectivity index (χ1n) is 4.62. The number of rotatable bonds is 4. The van der Waals surface area contributed by atoms with Crippen LogP contribution < -0.4 is 5.73 Å². The molecule has 2 nitrogen and oxygen atoms in total. The van der Waals surface area contributed by atoms with Gasteiger partial charge in [0.1, 0.15) is 0 Å². The van der Waals surface area contributed by atoms with Crippen molar-refractivity contribution in [2.45, 2.75) is 51.2 Å². The van der Waals surface area contributed by atoms with Crippen LogP contribution in [0.25, 0.3) is 0 Å². The molecule has 2 heteroatoms. The number of hydrogen-bond acceptors (Lipinski definition) is 2. The van der Waals surface area contributed by atoms with Crippen LogP contribution in [-0.4, -0.2) is 16.7 Å². The van der Waals surface area contributed by atoms with E-state index in [0.717, 1.165) is 12.8 Å². The molecule has 0 heterocycles. The first kappa shape index (κ1) is 9.01.